The molecule has 0 bridgehead atoms. The van der Waals surface area contributed by atoms with Crippen LogP contribution in [0.4, 0.5) is 4.39 Å². The second-order valence-corrected chi connectivity index (χ2v) is 8.94. The number of hydrogen-bond acceptors (Lipinski definition) is 6. The topological polar surface area (TPSA) is 117 Å². The number of rotatable bonds is 9. The molecule has 0 amide bonds. The van der Waals surface area contributed by atoms with E-state index in [2.05, 4.69) is 5.16 Å². The fourth-order valence-corrected chi connectivity index (χ4v) is 4.18. The molecular formula is C28H27FN2O5. The molecule has 2 aromatic heterocycles. The Bertz CT molecular complexity index is 1380. The highest BCUT2D eigenvalue weighted by Gasteiger charge is 2.24. The number of carbonyl (C=O) groups is 1. The van der Waals surface area contributed by atoms with Gasteiger partial charge in [0.1, 0.15) is 11.5 Å². The number of aliphatic hydroxyl groups excluding tert-OH is 2. The van der Waals surface area contributed by atoms with Crippen molar-refractivity contribution in [2.45, 2.75) is 44.8 Å². The molecule has 186 valence electrons. The summed E-state index contributed by atoms with van der Waals surface area (Å²) in [6.45, 7) is 3.95. The third kappa shape index (κ3) is 5.50. The van der Waals surface area contributed by atoms with Crippen molar-refractivity contribution in [1.82, 2.24) is 10.1 Å². The summed E-state index contributed by atoms with van der Waals surface area (Å²) in [5.41, 5.74) is 4.56. The molecule has 3 N–H and O–H groups in total. The van der Waals surface area contributed by atoms with Crippen molar-refractivity contribution in [3.05, 3.63) is 77.7 Å². The van der Waals surface area contributed by atoms with E-state index in [4.69, 9.17) is 14.6 Å². The second kappa shape index (κ2) is 10.8. The van der Waals surface area contributed by atoms with Crippen LogP contribution in [0.5, 0.6) is 0 Å². The number of pyridine rings is 1. The van der Waals surface area contributed by atoms with Crippen LogP contribution in [0, 0.1) is 5.82 Å². The summed E-state index contributed by atoms with van der Waals surface area (Å²) >= 11 is 0. The normalized spacial score (nSPS) is 13.5. The molecule has 0 spiro atoms. The fourth-order valence-electron chi connectivity index (χ4n) is 4.18. The SMILES string of the molecule is CC(C)c1nc2onc(-c3ccccc3)c2c(-c2ccc(F)cc2)c1C=CC(O)CC(O)CC(=O)O. The van der Waals surface area contributed by atoms with E-state index in [-0.39, 0.29) is 18.2 Å². The molecule has 7 nitrogen and oxygen atoms in total. The third-order valence-electron chi connectivity index (χ3n) is 5.83. The lowest BCUT2D eigenvalue weighted by atomic mass is 9.90. The van der Waals surface area contributed by atoms with Crippen LogP contribution in [0.2, 0.25) is 0 Å². The van der Waals surface area contributed by atoms with Crippen molar-refractivity contribution in [2.75, 3.05) is 0 Å². The first-order valence-electron chi connectivity index (χ1n) is 11.6. The van der Waals surface area contributed by atoms with Crippen LogP contribution in [0.25, 0.3) is 39.6 Å². The number of fused-ring (bicyclic) bond motifs is 1. The number of aliphatic carboxylic acids is 1. The van der Waals surface area contributed by atoms with Gasteiger partial charge in [0.15, 0.2) is 0 Å². The van der Waals surface area contributed by atoms with Gasteiger partial charge in [0.2, 0.25) is 0 Å². The van der Waals surface area contributed by atoms with Crippen LogP contribution >= 0.6 is 0 Å². The number of carboxylic acids is 1. The highest BCUT2D eigenvalue weighted by molar-refractivity contribution is 6.04. The average molecular weight is 491 g/mol. The molecule has 0 radical (unpaired) electrons. The fraction of sp³-hybridized carbons (Fsp3) is 0.250. The molecule has 8 heteroatoms. The molecule has 2 atom stereocenters. The Hall–Kier alpha value is -3.88. The quantitative estimate of drug-likeness (QED) is 0.287. The largest absolute Gasteiger partial charge is 0.481 e. The number of nitrogens with zero attached hydrogens (tertiary/aromatic N) is 2. The van der Waals surface area contributed by atoms with Gasteiger partial charge in [-0.3, -0.25) is 4.79 Å². The van der Waals surface area contributed by atoms with Crippen molar-refractivity contribution in [3.8, 4) is 22.4 Å². The lowest BCUT2D eigenvalue weighted by molar-refractivity contribution is -0.139. The molecule has 4 aromatic rings. The number of carboxylic acid groups (broad SMARTS) is 1. The van der Waals surface area contributed by atoms with E-state index in [0.29, 0.717) is 33.6 Å². The van der Waals surface area contributed by atoms with Crippen molar-refractivity contribution in [3.63, 3.8) is 0 Å². The molecule has 0 aliphatic heterocycles. The zero-order valence-electron chi connectivity index (χ0n) is 19.9. The molecule has 0 saturated heterocycles. The molecule has 2 unspecified atom stereocenters. The smallest absolute Gasteiger partial charge is 0.305 e. The van der Waals surface area contributed by atoms with Gasteiger partial charge < -0.3 is 19.8 Å². The maximum absolute atomic E-state index is 13.8. The zero-order chi connectivity index (χ0) is 25.8. The molecular weight excluding hydrogens is 463 g/mol. The summed E-state index contributed by atoms with van der Waals surface area (Å²) in [5, 5.41) is 34.2. The van der Waals surface area contributed by atoms with Crippen molar-refractivity contribution in [1.29, 1.82) is 0 Å². The summed E-state index contributed by atoms with van der Waals surface area (Å²) in [6.07, 6.45) is 0.337. The Morgan fingerprint density at radius 1 is 1.06 bits per heavy atom. The van der Waals surface area contributed by atoms with Gasteiger partial charge in [-0.15, -0.1) is 0 Å². The molecule has 0 fully saturated rings. The van der Waals surface area contributed by atoms with Gasteiger partial charge in [-0.2, -0.15) is 0 Å². The number of benzene rings is 2. The van der Waals surface area contributed by atoms with Gasteiger partial charge in [-0.25, -0.2) is 9.37 Å². The zero-order valence-corrected chi connectivity index (χ0v) is 19.9. The number of aromatic nitrogens is 2. The van der Waals surface area contributed by atoms with E-state index in [1.807, 2.05) is 44.2 Å². The van der Waals surface area contributed by atoms with Crippen LogP contribution in [0.15, 0.2) is 65.2 Å². The molecule has 2 aromatic carbocycles. The van der Waals surface area contributed by atoms with Gasteiger partial charge in [0.05, 0.1) is 29.7 Å². The van der Waals surface area contributed by atoms with Gasteiger partial charge in [0.25, 0.3) is 5.71 Å². The summed E-state index contributed by atoms with van der Waals surface area (Å²) in [5.74, 6) is -1.55. The average Bonchev–Trinajstić information content (AvgIpc) is 3.26. The predicted octanol–water partition coefficient (Wildman–Crippen LogP) is 5.42. The molecule has 0 saturated carbocycles. The van der Waals surface area contributed by atoms with Crippen LogP contribution < -0.4 is 0 Å². The van der Waals surface area contributed by atoms with E-state index in [9.17, 15) is 19.4 Å². The first-order valence-corrected chi connectivity index (χ1v) is 11.6. The number of halogens is 1. The maximum atomic E-state index is 13.8. The number of hydrogen-bond donors (Lipinski definition) is 3. The molecule has 0 aliphatic carbocycles. The van der Waals surface area contributed by atoms with Crippen molar-refractivity contribution >= 4 is 23.1 Å². The molecule has 4 rings (SSSR count). The third-order valence-corrected chi connectivity index (χ3v) is 5.83. The van der Waals surface area contributed by atoms with E-state index in [1.165, 1.54) is 18.2 Å². The monoisotopic (exact) mass is 490 g/mol. The van der Waals surface area contributed by atoms with E-state index in [0.717, 1.165) is 11.1 Å². The van der Waals surface area contributed by atoms with Gasteiger partial charge >= 0.3 is 5.97 Å². The lowest BCUT2D eigenvalue weighted by Gasteiger charge is -2.16. The summed E-state index contributed by atoms with van der Waals surface area (Å²) in [6, 6.07) is 15.6. The van der Waals surface area contributed by atoms with E-state index >= 15 is 0 Å². The van der Waals surface area contributed by atoms with Crippen LogP contribution in [-0.2, 0) is 4.79 Å². The first-order chi connectivity index (χ1) is 17.2. The van der Waals surface area contributed by atoms with Gasteiger partial charge in [0, 0.05) is 23.1 Å². The summed E-state index contributed by atoms with van der Waals surface area (Å²) in [4.78, 5) is 15.6. The molecule has 36 heavy (non-hydrogen) atoms. The Morgan fingerprint density at radius 3 is 2.39 bits per heavy atom. The van der Waals surface area contributed by atoms with Crippen LogP contribution in [0.3, 0.4) is 0 Å². The molecule has 0 aliphatic rings. The summed E-state index contributed by atoms with van der Waals surface area (Å²) < 4.78 is 19.5. The predicted molar refractivity (Wildman–Crippen MR) is 135 cm³/mol. The van der Waals surface area contributed by atoms with E-state index in [1.54, 1.807) is 18.2 Å². The minimum absolute atomic E-state index is 0.0340. The van der Waals surface area contributed by atoms with E-state index < -0.39 is 24.6 Å². The first kappa shape index (κ1) is 25.2. The lowest BCUT2D eigenvalue weighted by Crippen LogP contribution is -2.19. The Balaban J connectivity index is 1.92. The van der Waals surface area contributed by atoms with Crippen molar-refractivity contribution < 1.29 is 29.0 Å². The second-order valence-electron chi connectivity index (χ2n) is 8.94. The summed E-state index contributed by atoms with van der Waals surface area (Å²) in [7, 11) is 0. The van der Waals surface area contributed by atoms with Crippen LogP contribution in [0.1, 0.15) is 43.9 Å². The van der Waals surface area contributed by atoms with Gasteiger partial charge in [-0.1, -0.05) is 73.6 Å². The molecule has 2 heterocycles. The van der Waals surface area contributed by atoms with Crippen LogP contribution in [-0.4, -0.2) is 43.6 Å². The minimum atomic E-state index is -1.19. The van der Waals surface area contributed by atoms with Gasteiger partial charge in [-0.05, 0) is 23.6 Å². The Kier molecular flexibility index (Phi) is 7.57. The highest BCUT2D eigenvalue weighted by Crippen LogP contribution is 2.41. The standard InChI is InChI=1S/C28H27FN2O5/c1-16(2)26-22(13-12-20(32)14-21(33)15-23(34)35)24(17-8-10-19(29)11-9-17)25-27(31-36-28(25)30-26)18-6-4-3-5-7-18/h3-13,16,20-21,32-33H,14-15H2,1-2H3,(H,34,35). The Morgan fingerprint density at radius 2 is 1.75 bits per heavy atom. The number of aliphatic hydroxyl groups is 2. The maximum Gasteiger partial charge on any atom is 0.305 e. The Labute approximate surface area is 207 Å². The minimum Gasteiger partial charge on any atom is -0.481 e. The highest BCUT2D eigenvalue weighted by atomic mass is 19.1. The van der Waals surface area contributed by atoms with Crippen molar-refractivity contribution in [2.24, 2.45) is 0 Å².